The van der Waals surface area contributed by atoms with E-state index in [0.717, 1.165) is 55.3 Å². The van der Waals surface area contributed by atoms with Crippen LogP contribution >= 0.6 is 0 Å². The van der Waals surface area contributed by atoms with Crippen LogP contribution in [0.25, 0.3) is 0 Å². The second-order valence-electron chi connectivity index (χ2n) is 12.9. The Morgan fingerprint density at radius 1 is 1.05 bits per heavy atom. The summed E-state index contributed by atoms with van der Waals surface area (Å²) in [7, 11) is 1.89. The second-order valence-corrected chi connectivity index (χ2v) is 12.9. The minimum atomic E-state index is 0. The third kappa shape index (κ3) is 7.00. The van der Waals surface area contributed by atoms with Crippen LogP contribution in [0.2, 0.25) is 0 Å². The molecule has 3 fully saturated rings. The summed E-state index contributed by atoms with van der Waals surface area (Å²) in [6, 6.07) is 8.35. The number of fused-ring (bicyclic) bond motifs is 2. The minimum Gasteiger partial charge on any atom is -0.352 e. The lowest BCUT2D eigenvalue weighted by atomic mass is 9.73. The highest BCUT2D eigenvalue weighted by Gasteiger charge is 2.73. The van der Waals surface area contributed by atoms with Crippen LogP contribution in [0.1, 0.15) is 92.0 Å². The van der Waals surface area contributed by atoms with E-state index in [-0.39, 0.29) is 14.8 Å². The molecule has 41 heavy (non-hydrogen) atoms. The number of nitrogens with zero attached hydrogens (tertiary/aromatic N) is 2. The van der Waals surface area contributed by atoms with Gasteiger partial charge in [0.2, 0.25) is 5.91 Å². The number of aryl methyl sites for hydroxylation is 1. The van der Waals surface area contributed by atoms with Crippen LogP contribution in [0.3, 0.4) is 0 Å². The van der Waals surface area contributed by atoms with Crippen LogP contribution in [-0.2, 0) is 4.79 Å². The van der Waals surface area contributed by atoms with Crippen LogP contribution < -0.4 is 15.8 Å². The minimum absolute atomic E-state index is 0. The Morgan fingerprint density at radius 3 is 2.51 bits per heavy atom. The van der Waals surface area contributed by atoms with Gasteiger partial charge in [-0.25, -0.2) is 5.43 Å². The third-order valence-electron chi connectivity index (χ3n) is 10.5. The smallest absolute Gasteiger partial charge is 0.248 e. The van der Waals surface area contributed by atoms with E-state index in [1.807, 2.05) is 18.3 Å². The molecule has 1 heterocycles. The van der Waals surface area contributed by atoms with Crippen LogP contribution in [-0.4, -0.2) is 44.0 Å². The number of benzene rings is 1. The summed E-state index contributed by atoms with van der Waals surface area (Å²) in [5.41, 5.74) is 7.51. The highest BCUT2D eigenvalue weighted by molar-refractivity contribution is 5.93. The molecule has 3 atom stereocenters. The molecule has 1 aliphatic heterocycles. The number of carbonyl (C=O) groups excluding carboxylic acids is 1. The summed E-state index contributed by atoms with van der Waals surface area (Å²) in [5.74, 6) is 1.86. The molecule has 4 aliphatic rings. The average Bonchev–Trinajstić information content (AvgIpc) is 3.57. The van der Waals surface area contributed by atoms with Gasteiger partial charge < -0.3 is 10.2 Å². The zero-order valence-electron chi connectivity index (χ0n) is 25.3. The number of hydrazine groups is 1. The molecule has 2 N–H and O–H groups in total. The lowest BCUT2D eigenvalue weighted by molar-refractivity contribution is -0.117. The molecule has 2 spiro atoms. The molecule has 3 unspecified atom stereocenters. The summed E-state index contributed by atoms with van der Waals surface area (Å²) < 4.78 is 0. The Hall–Kier alpha value is -2.37. The zero-order valence-corrected chi connectivity index (χ0v) is 25.3. The Morgan fingerprint density at radius 2 is 1.80 bits per heavy atom. The molecule has 5 heteroatoms. The van der Waals surface area contributed by atoms with E-state index >= 15 is 0 Å². The third-order valence-corrected chi connectivity index (χ3v) is 10.5. The molecule has 0 bridgehead atoms. The molecule has 1 saturated heterocycles. The lowest BCUT2D eigenvalue weighted by Crippen LogP contribution is -2.41. The van der Waals surface area contributed by atoms with Crippen LogP contribution in [0.5, 0.6) is 0 Å². The first-order chi connectivity index (χ1) is 19.5. The molecule has 2 saturated carbocycles. The van der Waals surface area contributed by atoms with E-state index in [1.54, 1.807) is 0 Å². The monoisotopic (exact) mass is 562 g/mol. The normalized spacial score (nSPS) is 25.9. The number of allylic oxidation sites excluding steroid dienone is 4. The van der Waals surface area contributed by atoms with E-state index in [2.05, 4.69) is 78.1 Å². The van der Waals surface area contributed by atoms with Gasteiger partial charge >= 0.3 is 0 Å². The van der Waals surface area contributed by atoms with Crippen molar-refractivity contribution in [3.63, 3.8) is 0 Å². The van der Waals surface area contributed by atoms with Crippen molar-refractivity contribution in [1.82, 2.24) is 15.6 Å². The topological polar surface area (TPSA) is 47.6 Å². The van der Waals surface area contributed by atoms with Gasteiger partial charge in [0, 0.05) is 26.8 Å². The van der Waals surface area contributed by atoms with E-state index in [1.165, 1.54) is 70.1 Å². The predicted molar refractivity (Wildman–Crippen MR) is 176 cm³/mol. The van der Waals surface area contributed by atoms with Crippen molar-refractivity contribution in [3.05, 3.63) is 65.9 Å². The maximum absolute atomic E-state index is 13.0. The number of likely N-dealkylation sites (tertiary alicyclic amines) is 1. The number of amides is 1. The summed E-state index contributed by atoms with van der Waals surface area (Å²) in [6.07, 6.45) is 25.0. The maximum Gasteiger partial charge on any atom is 0.248 e. The van der Waals surface area contributed by atoms with E-state index in [4.69, 9.17) is 0 Å². The summed E-state index contributed by atoms with van der Waals surface area (Å²) >= 11 is 0. The van der Waals surface area contributed by atoms with Crippen LogP contribution in [0, 0.1) is 29.6 Å². The van der Waals surface area contributed by atoms with Crippen molar-refractivity contribution in [2.24, 2.45) is 22.7 Å². The lowest BCUT2D eigenvalue weighted by Gasteiger charge is -2.41. The number of piperidine rings is 1. The van der Waals surface area contributed by atoms with Crippen LogP contribution in [0.15, 0.2) is 60.3 Å². The zero-order chi connectivity index (χ0) is 28.0. The number of rotatable bonds is 14. The van der Waals surface area contributed by atoms with Gasteiger partial charge in [-0.3, -0.25) is 9.80 Å². The van der Waals surface area contributed by atoms with Gasteiger partial charge in [-0.2, -0.15) is 0 Å². The van der Waals surface area contributed by atoms with Gasteiger partial charge in [0.1, 0.15) is 0 Å². The number of hydrogen-bond acceptors (Lipinski definition) is 4. The number of carbonyl (C=O) groups is 1. The number of nitrogens with one attached hydrogen (secondary N) is 2. The van der Waals surface area contributed by atoms with Gasteiger partial charge in [-0.15, -0.1) is 0 Å². The molecule has 3 aliphatic carbocycles. The highest BCUT2D eigenvalue weighted by Crippen LogP contribution is 2.78. The maximum atomic E-state index is 13.0. The molecule has 1 aromatic carbocycles. The van der Waals surface area contributed by atoms with Crippen molar-refractivity contribution in [3.8, 4) is 0 Å². The molecule has 1 aromatic rings. The average molecular weight is 563 g/mol. The fourth-order valence-electron chi connectivity index (χ4n) is 8.04. The first-order valence-corrected chi connectivity index (χ1v) is 16.1. The molecule has 228 valence electrons. The molecule has 5 nitrogen and oxygen atoms in total. The van der Waals surface area contributed by atoms with Gasteiger partial charge in [-0.05, 0) is 113 Å². The van der Waals surface area contributed by atoms with Gasteiger partial charge in [0.25, 0.3) is 0 Å². The van der Waals surface area contributed by atoms with Crippen molar-refractivity contribution < 1.29 is 6.22 Å². The Labute approximate surface area is 252 Å². The van der Waals surface area contributed by atoms with Crippen molar-refractivity contribution in [2.75, 3.05) is 38.2 Å². The highest BCUT2D eigenvalue weighted by atomic mass is 16.1. The summed E-state index contributed by atoms with van der Waals surface area (Å²) in [6.45, 7) is 8.84. The van der Waals surface area contributed by atoms with Gasteiger partial charge in [0.15, 0.2) is 0 Å². The molecule has 0 radical (unpaired) electrons. The fourth-order valence-corrected chi connectivity index (χ4v) is 8.04. The standard InChI is InChI=1S/C35H52N4O.CH4.H2/c1-4-5-12-29(27-39(36-3)30-16-14-28(2)15-17-30)33(40)37-23-10-6-7-11-24-38-25-21-34(22-26-38)19-20-35-18-9-8-13-31(35)32(34)35;;/h8-9,13-18,27,31-32,36H,4-7,10-12,19-26H2,1-3H3,(H,37,40);1H4;1H/b29-27+;;. The first-order valence-electron chi connectivity index (χ1n) is 16.1. The fraction of sp³-hybridized carbons (Fsp3) is 0.639. The predicted octanol–water partition coefficient (Wildman–Crippen LogP) is 7.80. The largest absolute Gasteiger partial charge is 0.352 e. The van der Waals surface area contributed by atoms with Crippen LogP contribution in [0.4, 0.5) is 5.69 Å². The SMILES string of the molecule is C.CCCC/C(=C\N(NC)c1ccc(C)cc1)C(=O)NCCCCCCN1CCC2(CC1)CCC13C=CC=CC1C23.[HH]. The Kier molecular flexibility index (Phi) is 10.9. The van der Waals surface area contributed by atoms with Crippen molar-refractivity contribution in [2.45, 2.75) is 91.9 Å². The summed E-state index contributed by atoms with van der Waals surface area (Å²) in [4.78, 5) is 15.8. The van der Waals surface area contributed by atoms with E-state index in [9.17, 15) is 4.79 Å². The number of unbranched alkanes of at least 4 members (excludes halogenated alkanes) is 4. The van der Waals surface area contributed by atoms with E-state index in [0.29, 0.717) is 10.8 Å². The quantitative estimate of drug-likeness (QED) is 0.138. The molecule has 1 amide bonds. The molecular weight excluding hydrogens is 504 g/mol. The Bertz CT molecular complexity index is 1090. The summed E-state index contributed by atoms with van der Waals surface area (Å²) in [5, 5.41) is 5.14. The first kappa shape index (κ1) is 31.6. The van der Waals surface area contributed by atoms with Crippen molar-refractivity contribution >= 4 is 11.6 Å². The number of hydrogen-bond donors (Lipinski definition) is 2. The molecule has 5 rings (SSSR count). The second kappa shape index (κ2) is 14.2. The van der Waals surface area contributed by atoms with Crippen molar-refractivity contribution in [1.29, 1.82) is 0 Å². The number of anilines is 1. The van der Waals surface area contributed by atoms with E-state index < -0.39 is 0 Å². The Balaban J connectivity index is 0.00000242. The molecule has 0 aromatic heterocycles. The molecular formula is C36H58N4O. The van der Waals surface area contributed by atoms with Gasteiger partial charge in [-0.1, -0.05) is 75.6 Å². The van der Waals surface area contributed by atoms with Gasteiger partial charge in [0.05, 0.1) is 5.69 Å².